The third kappa shape index (κ3) is 7.29. The van der Waals surface area contributed by atoms with Gasteiger partial charge in [0.1, 0.15) is 17.2 Å². The molecule has 0 aliphatic carbocycles. The monoisotopic (exact) mass is 421 g/mol. The van der Waals surface area contributed by atoms with Crippen LogP contribution in [0.2, 0.25) is 0 Å². The topological polar surface area (TPSA) is 88.0 Å². The number of hydrogen-bond acceptors (Lipinski definition) is 6. The first-order valence-electron chi connectivity index (χ1n) is 10.6. The first kappa shape index (κ1) is 22.6. The number of benzene rings is 3. The van der Waals surface area contributed by atoms with E-state index in [9.17, 15) is 15.3 Å². The van der Waals surface area contributed by atoms with Crippen LogP contribution in [0.3, 0.4) is 0 Å². The Bertz CT molecular complexity index is 895. The van der Waals surface area contributed by atoms with Gasteiger partial charge in [-0.05, 0) is 18.2 Å². The van der Waals surface area contributed by atoms with Crippen molar-refractivity contribution in [3.05, 3.63) is 89.5 Å². The fourth-order valence-corrected chi connectivity index (χ4v) is 3.40. The van der Waals surface area contributed by atoms with E-state index in [1.807, 2.05) is 54.6 Å². The van der Waals surface area contributed by atoms with E-state index in [-0.39, 0.29) is 0 Å². The first-order chi connectivity index (χ1) is 15.1. The van der Waals surface area contributed by atoms with Gasteiger partial charge in [-0.15, -0.1) is 0 Å². The van der Waals surface area contributed by atoms with Crippen LogP contribution in [0.4, 0.5) is 0 Å². The molecule has 0 radical (unpaired) electrons. The fraction of sp³-hybridized carbons (Fsp3) is 0.280. The van der Waals surface area contributed by atoms with Gasteiger partial charge in [-0.1, -0.05) is 54.6 Å². The van der Waals surface area contributed by atoms with Gasteiger partial charge in [0.2, 0.25) is 0 Å². The van der Waals surface area contributed by atoms with Crippen molar-refractivity contribution in [1.29, 1.82) is 0 Å². The van der Waals surface area contributed by atoms with Gasteiger partial charge in [-0.2, -0.15) is 0 Å². The Labute approximate surface area is 183 Å². The summed E-state index contributed by atoms with van der Waals surface area (Å²) in [6.45, 7) is 4.93. The van der Waals surface area contributed by atoms with E-state index in [0.29, 0.717) is 36.9 Å². The number of nitrogens with one attached hydrogen (secondary N) is 2. The van der Waals surface area contributed by atoms with Crippen LogP contribution in [-0.4, -0.2) is 46.4 Å². The van der Waals surface area contributed by atoms with Crippen LogP contribution < -0.4 is 10.6 Å². The van der Waals surface area contributed by atoms with Crippen molar-refractivity contribution < 1.29 is 15.3 Å². The summed E-state index contributed by atoms with van der Waals surface area (Å²) < 4.78 is 0. The average molecular weight is 422 g/mol. The van der Waals surface area contributed by atoms with Gasteiger partial charge in [0.25, 0.3) is 0 Å². The molecular weight excluding hydrogens is 390 g/mol. The number of aromatic hydroxyl groups is 3. The minimum absolute atomic E-state index is 0.300. The van der Waals surface area contributed by atoms with Gasteiger partial charge in [0.15, 0.2) is 0 Å². The lowest BCUT2D eigenvalue weighted by Gasteiger charge is -2.23. The molecule has 31 heavy (non-hydrogen) atoms. The van der Waals surface area contributed by atoms with Crippen LogP contribution in [0.25, 0.3) is 0 Å². The van der Waals surface area contributed by atoms with Crippen LogP contribution in [-0.2, 0) is 19.6 Å². The molecule has 3 rings (SSSR count). The molecule has 0 amide bonds. The summed E-state index contributed by atoms with van der Waals surface area (Å²) >= 11 is 0. The molecule has 0 atom stereocenters. The molecule has 0 aromatic heterocycles. The van der Waals surface area contributed by atoms with Gasteiger partial charge in [0, 0.05) is 62.5 Å². The van der Waals surface area contributed by atoms with E-state index in [4.69, 9.17) is 0 Å². The first-order valence-corrected chi connectivity index (χ1v) is 10.6. The van der Waals surface area contributed by atoms with E-state index >= 15 is 0 Å². The Kier molecular flexibility index (Phi) is 8.72. The highest BCUT2D eigenvalue weighted by molar-refractivity contribution is 5.33. The van der Waals surface area contributed by atoms with E-state index in [1.54, 1.807) is 18.2 Å². The summed E-state index contributed by atoms with van der Waals surface area (Å²) in [5, 5.41) is 36.7. The van der Waals surface area contributed by atoms with Crippen LogP contribution >= 0.6 is 0 Å². The number of nitrogens with zero attached hydrogens (tertiary/aromatic N) is 1. The Balaban J connectivity index is 1.50. The van der Waals surface area contributed by atoms with Crippen molar-refractivity contribution in [3.63, 3.8) is 0 Å². The molecule has 0 bridgehead atoms. The molecule has 0 aliphatic rings. The predicted molar refractivity (Wildman–Crippen MR) is 123 cm³/mol. The molecule has 6 heteroatoms. The maximum absolute atomic E-state index is 10.1. The van der Waals surface area contributed by atoms with Gasteiger partial charge >= 0.3 is 0 Å². The summed E-state index contributed by atoms with van der Waals surface area (Å²) in [5.41, 5.74) is 2.64. The normalized spacial score (nSPS) is 11.1. The van der Waals surface area contributed by atoms with Crippen molar-refractivity contribution in [3.8, 4) is 17.2 Å². The minimum atomic E-state index is 0.300. The Morgan fingerprint density at radius 1 is 0.548 bits per heavy atom. The molecule has 0 fully saturated rings. The highest BCUT2D eigenvalue weighted by Gasteiger charge is 2.09. The highest BCUT2D eigenvalue weighted by Crippen LogP contribution is 2.18. The van der Waals surface area contributed by atoms with Crippen LogP contribution in [0.1, 0.15) is 16.7 Å². The Morgan fingerprint density at radius 3 is 1.35 bits per heavy atom. The van der Waals surface area contributed by atoms with Gasteiger partial charge in [-0.25, -0.2) is 0 Å². The molecule has 6 nitrogen and oxygen atoms in total. The lowest BCUT2D eigenvalue weighted by atomic mass is 10.2. The number of phenolic OH excluding ortho intramolecular Hbond substituents is 3. The molecule has 0 spiro atoms. The van der Waals surface area contributed by atoms with Gasteiger partial charge in [-0.3, -0.25) is 4.90 Å². The van der Waals surface area contributed by atoms with Crippen LogP contribution in [0, 0.1) is 0 Å². The average Bonchev–Trinajstić information content (AvgIpc) is 2.77. The van der Waals surface area contributed by atoms with Crippen molar-refractivity contribution >= 4 is 0 Å². The van der Waals surface area contributed by atoms with Gasteiger partial charge in [0.05, 0.1) is 0 Å². The third-order valence-electron chi connectivity index (χ3n) is 5.21. The molecule has 0 aliphatic heterocycles. The molecule has 3 aromatic rings. The second-order valence-electron chi connectivity index (χ2n) is 7.52. The summed E-state index contributed by atoms with van der Waals surface area (Å²) in [5.74, 6) is 0.903. The maximum atomic E-state index is 10.1. The van der Waals surface area contributed by atoms with Crippen molar-refractivity contribution in [1.82, 2.24) is 15.5 Å². The molecule has 3 aromatic carbocycles. The Hall–Kier alpha value is -3.06. The third-order valence-corrected chi connectivity index (χ3v) is 5.21. The van der Waals surface area contributed by atoms with Crippen molar-refractivity contribution in [2.75, 3.05) is 26.2 Å². The van der Waals surface area contributed by atoms with E-state index in [2.05, 4.69) is 15.5 Å². The summed E-state index contributed by atoms with van der Waals surface area (Å²) in [6, 6.07) is 22.1. The number of phenols is 3. The molecule has 5 N–H and O–H groups in total. The maximum Gasteiger partial charge on any atom is 0.120 e. The summed E-state index contributed by atoms with van der Waals surface area (Å²) in [6.07, 6.45) is 0. The molecule has 0 unspecified atom stereocenters. The molecular formula is C25H31N3O3. The minimum Gasteiger partial charge on any atom is -0.508 e. The SMILES string of the molecule is Oc1ccccc1CNCCN(CCNCc1ccccc1O)Cc1ccccc1O. The zero-order chi connectivity index (χ0) is 21.9. The van der Waals surface area contributed by atoms with Crippen molar-refractivity contribution in [2.45, 2.75) is 19.6 Å². The fourth-order valence-electron chi connectivity index (χ4n) is 3.40. The zero-order valence-corrected chi connectivity index (χ0v) is 17.7. The number of rotatable bonds is 12. The van der Waals surface area contributed by atoms with E-state index in [0.717, 1.165) is 42.9 Å². The molecule has 0 heterocycles. The molecule has 0 saturated carbocycles. The lowest BCUT2D eigenvalue weighted by molar-refractivity contribution is 0.260. The highest BCUT2D eigenvalue weighted by atomic mass is 16.3. The lowest BCUT2D eigenvalue weighted by Crippen LogP contribution is -2.36. The standard InChI is InChI=1S/C25H31N3O3/c29-23-10-4-1-7-20(23)17-26-13-15-28(19-22-9-3-6-12-25(22)31)16-14-27-18-21-8-2-5-11-24(21)30/h1-12,26-27,29-31H,13-19H2. The predicted octanol–water partition coefficient (Wildman–Crippen LogP) is 3.19. The van der Waals surface area contributed by atoms with Crippen LogP contribution in [0.15, 0.2) is 72.8 Å². The number of hydrogen-bond donors (Lipinski definition) is 5. The molecule has 164 valence electrons. The smallest absolute Gasteiger partial charge is 0.120 e. The summed E-state index contributed by atoms with van der Waals surface area (Å²) in [7, 11) is 0. The zero-order valence-electron chi connectivity index (χ0n) is 17.7. The Morgan fingerprint density at radius 2 is 0.935 bits per heavy atom. The second-order valence-corrected chi connectivity index (χ2v) is 7.52. The summed E-state index contributed by atoms with van der Waals surface area (Å²) in [4.78, 5) is 2.27. The quantitative estimate of drug-likeness (QED) is 0.289. The second kappa shape index (κ2) is 12.0. The number of para-hydroxylation sites is 3. The van der Waals surface area contributed by atoms with Crippen LogP contribution in [0.5, 0.6) is 17.2 Å². The van der Waals surface area contributed by atoms with Crippen molar-refractivity contribution in [2.24, 2.45) is 0 Å². The van der Waals surface area contributed by atoms with E-state index < -0.39 is 0 Å². The largest absolute Gasteiger partial charge is 0.508 e. The van der Waals surface area contributed by atoms with Gasteiger partial charge < -0.3 is 26.0 Å². The molecule has 0 saturated heterocycles. The van der Waals surface area contributed by atoms with E-state index in [1.165, 1.54) is 0 Å².